The van der Waals surface area contributed by atoms with Crippen LogP contribution in [0.2, 0.25) is 0 Å². The molecular weight excluding hydrogens is 248 g/mol. The second-order valence-electron chi connectivity index (χ2n) is 5.35. The Balaban J connectivity index is 2.33. The Labute approximate surface area is 121 Å². The molecule has 3 nitrogen and oxygen atoms in total. The van der Waals surface area contributed by atoms with Crippen LogP contribution in [0.25, 0.3) is 10.9 Å². The average Bonchev–Trinajstić information content (AvgIpc) is 2.95. The molecule has 0 aliphatic rings. The second kappa shape index (κ2) is 6.60. The molecule has 0 aliphatic carbocycles. The van der Waals surface area contributed by atoms with Crippen LogP contribution in [0.1, 0.15) is 50.4 Å². The number of nitrogens with zero attached hydrogens (tertiary/aromatic N) is 1. The molecule has 0 spiro atoms. The maximum absolute atomic E-state index is 12.9. The van der Waals surface area contributed by atoms with Crippen molar-refractivity contribution < 1.29 is 4.79 Å². The molecule has 1 amide bonds. The number of unbranched alkanes of at least 4 members (excludes halogenated alkanes) is 1. The van der Waals surface area contributed by atoms with Crippen molar-refractivity contribution in [1.29, 1.82) is 0 Å². The molecule has 1 unspecified atom stereocenters. The SMILES string of the molecule is CCCCN(C(=O)c1cccc2[nH]ccc12)C(C)CC. The fourth-order valence-electron chi connectivity index (χ4n) is 2.50. The lowest BCUT2D eigenvalue weighted by atomic mass is 10.1. The summed E-state index contributed by atoms with van der Waals surface area (Å²) in [7, 11) is 0. The predicted molar refractivity (Wildman–Crippen MR) is 84.0 cm³/mol. The zero-order chi connectivity index (χ0) is 14.5. The van der Waals surface area contributed by atoms with Crippen molar-refractivity contribution in [1.82, 2.24) is 9.88 Å². The molecule has 1 heterocycles. The Kier molecular flexibility index (Phi) is 4.83. The first-order valence-corrected chi connectivity index (χ1v) is 7.56. The van der Waals surface area contributed by atoms with E-state index in [1.165, 1.54) is 0 Å². The molecule has 3 heteroatoms. The van der Waals surface area contributed by atoms with Crippen molar-refractivity contribution in [2.45, 2.75) is 46.1 Å². The largest absolute Gasteiger partial charge is 0.361 e. The summed E-state index contributed by atoms with van der Waals surface area (Å²) < 4.78 is 0. The van der Waals surface area contributed by atoms with Crippen LogP contribution in [0.15, 0.2) is 30.5 Å². The number of aromatic nitrogens is 1. The zero-order valence-electron chi connectivity index (χ0n) is 12.6. The highest BCUT2D eigenvalue weighted by atomic mass is 16.2. The molecule has 1 aromatic carbocycles. The van der Waals surface area contributed by atoms with E-state index in [1.54, 1.807) is 0 Å². The Bertz CT molecular complexity index is 573. The van der Waals surface area contributed by atoms with Gasteiger partial charge in [0.1, 0.15) is 0 Å². The molecule has 0 saturated carbocycles. The van der Waals surface area contributed by atoms with Gasteiger partial charge < -0.3 is 9.88 Å². The van der Waals surface area contributed by atoms with Crippen LogP contribution in [0.4, 0.5) is 0 Å². The number of H-pyrrole nitrogens is 1. The van der Waals surface area contributed by atoms with Gasteiger partial charge in [-0.1, -0.05) is 26.3 Å². The van der Waals surface area contributed by atoms with E-state index in [0.29, 0.717) is 0 Å². The summed E-state index contributed by atoms with van der Waals surface area (Å²) in [6.45, 7) is 7.26. The third kappa shape index (κ3) is 2.87. The number of carbonyl (C=O) groups is 1. The molecular formula is C17H24N2O. The number of rotatable bonds is 6. The number of hydrogen-bond donors (Lipinski definition) is 1. The third-order valence-electron chi connectivity index (χ3n) is 3.96. The van der Waals surface area contributed by atoms with E-state index in [0.717, 1.165) is 42.3 Å². The molecule has 108 valence electrons. The fraction of sp³-hybridized carbons (Fsp3) is 0.471. The minimum Gasteiger partial charge on any atom is -0.361 e. The average molecular weight is 272 g/mol. The van der Waals surface area contributed by atoms with Crippen molar-refractivity contribution in [2.24, 2.45) is 0 Å². The first-order chi connectivity index (χ1) is 9.69. The van der Waals surface area contributed by atoms with Crippen LogP contribution < -0.4 is 0 Å². The third-order valence-corrected chi connectivity index (χ3v) is 3.96. The Hall–Kier alpha value is -1.77. The van der Waals surface area contributed by atoms with E-state index in [2.05, 4.69) is 25.8 Å². The van der Waals surface area contributed by atoms with E-state index in [1.807, 2.05) is 35.4 Å². The van der Waals surface area contributed by atoms with E-state index in [9.17, 15) is 4.79 Å². The van der Waals surface area contributed by atoms with Crippen molar-refractivity contribution >= 4 is 16.8 Å². The van der Waals surface area contributed by atoms with E-state index < -0.39 is 0 Å². The van der Waals surface area contributed by atoms with Crippen molar-refractivity contribution in [3.8, 4) is 0 Å². The standard InChI is InChI=1S/C17H24N2O/c1-4-6-12-19(13(3)5-2)17(20)15-8-7-9-16-14(15)10-11-18-16/h7-11,13,18H,4-6,12H2,1-3H3. The Morgan fingerprint density at radius 1 is 1.30 bits per heavy atom. The molecule has 2 aromatic rings. The van der Waals surface area contributed by atoms with Crippen molar-refractivity contribution in [3.05, 3.63) is 36.0 Å². The summed E-state index contributed by atoms with van der Waals surface area (Å²) in [4.78, 5) is 18.1. The van der Waals surface area contributed by atoms with Gasteiger partial charge in [-0.2, -0.15) is 0 Å². The lowest BCUT2D eigenvalue weighted by Crippen LogP contribution is -2.39. The monoisotopic (exact) mass is 272 g/mol. The highest BCUT2D eigenvalue weighted by molar-refractivity contribution is 6.06. The molecule has 0 fully saturated rings. The van der Waals surface area contributed by atoms with Crippen LogP contribution in [0.3, 0.4) is 0 Å². The lowest BCUT2D eigenvalue weighted by Gasteiger charge is -2.29. The molecule has 0 aliphatic heterocycles. The number of aromatic amines is 1. The topological polar surface area (TPSA) is 36.1 Å². The summed E-state index contributed by atoms with van der Waals surface area (Å²) in [5.74, 6) is 0.151. The maximum atomic E-state index is 12.9. The summed E-state index contributed by atoms with van der Waals surface area (Å²) in [5, 5.41) is 1.02. The molecule has 1 atom stereocenters. The van der Waals surface area contributed by atoms with Crippen molar-refractivity contribution in [3.63, 3.8) is 0 Å². The fourth-order valence-corrected chi connectivity index (χ4v) is 2.50. The second-order valence-corrected chi connectivity index (χ2v) is 5.35. The number of fused-ring (bicyclic) bond motifs is 1. The smallest absolute Gasteiger partial charge is 0.254 e. The maximum Gasteiger partial charge on any atom is 0.254 e. The van der Waals surface area contributed by atoms with Crippen LogP contribution in [-0.2, 0) is 0 Å². The molecule has 0 radical (unpaired) electrons. The summed E-state index contributed by atoms with van der Waals surface area (Å²) in [6, 6.07) is 8.15. The van der Waals surface area contributed by atoms with Crippen molar-refractivity contribution in [2.75, 3.05) is 6.54 Å². The molecule has 0 bridgehead atoms. The first-order valence-electron chi connectivity index (χ1n) is 7.56. The highest BCUT2D eigenvalue weighted by Gasteiger charge is 2.21. The van der Waals surface area contributed by atoms with Gasteiger partial charge in [-0.05, 0) is 38.0 Å². The van der Waals surface area contributed by atoms with Crippen LogP contribution in [0, 0.1) is 0 Å². The van der Waals surface area contributed by atoms with Gasteiger partial charge in [-0.25, -0.2) is 0 Å². The number of nitrogens with one attached hydrogen (secondary N) is 1. The van der Waals surface area contributed by atoms with Gasteiger partial charge in [0.15, 0.2) is 0 Å². The summed E-state index contributed by atoms with van der Waals surface area (Å²) in [5.41, 5.74) is 1.83. The van der Waals surface area contributed by atoms with Crippen LogP contribution >= 0.6 is 0 Å². The molecule has 0 saturated heterocycles. The number of hydrogen-bond acceptors (Lipinski definition) is 1. The highest BCUT2D eigenvalue weighted by Crippen LogP contribution is 2.21. The van der Waals surface area contributed by atoms with Crippen LogP contribution in [0.5, 0.6) is 0 Å². The molecule has 1 N–H and O–H groups in total. The number of amides is 1. The Morgan fingerprint density at radius 2 is 2.10 bits per heavy atom. The predicted octanol–water partition coefficient (Wildman–Crippen LogP) is 4.21. The zero-order valence-corrected chi connectivity index (χ0v) is 12.6. The summed E-state index contributed by atoms with van der Waals surface area (Å²) in [6.07, 6.45) is 5.04. The molecule has 20 heavy (non-hydrogen) atoms. The van der Waals surface area contributed by atoms with Gasteiger partial charge in [0.2, 0.25) is 0 Å². The number of carbonyl (C=O) groups excluding carboxylic acids is 1. The van der Waals surface area contributed by atoms with Gasteiger partial charge in [0.05, 0.1) is 0 Å². The normalized spacial score (nSPS) is 12.6. The van der Waals surface area contributed by atoms with Gasteiger partial charge in [0.25, 0.3) is 5.91 Å². The Morgan fingerprint density at radius 3 is 2.80 bits per heavy atom. The molecule has 2 rings (SSSR count). The van der Waals surface area contributed by atoms with E-state index in [-0.39, 0.29) is 11.9 Å². The van der Waals surface area contributed by atoms with Crippen LogP contribution in [-0.4, -0.2) is 28.4 Å². The first kappa shape index (κ1) is 14.6. The minimum atomic E-state index is 0.151. The van der Waals surface area contributed by atoms with Gasteiger partial charge in [-0.15, -0.1) is 0 Å². The summed E-state index contributed by atoms with van der Waals surface area (Å²) >= 11 is 0. The molecule has 1 aromatic heterocycles. The minimum absolute atomic E-state index is 0.151. The van der Waals surface area contributed by atoms with Gasteiger partial charge in [0, 0.05) is 35.2 Å². The quantitative estimate of drug-likeness (QED) is 0.840. The van der Waals surface area contributed by atoms with E-state index in [4.69, 9.17) is 0 Å². The lowest BCUT2D eigenvalue weighted by molar-refractivity contribution is 0.0687. The number of benzene rings is 1. The van der Waals surface area contributed by atoms with Gasteiger partial charge >= 0.3 is 0 Å². The van der Waals surface area contributed by atoms with E-state index >= 15 is 0 Å². The van der Waals surface area contributed by atoms with Gasteiger partial charge in [-0.3, -0.25) is 4.79 Å².